The molecule has 1 aliphatic rings. The van der Waals surface area contributed by atoms with Crippen molar-refractivity contribution in [3.05, 3.63) is 46.0 Å². The number of carbonyl (C=O) groups is 1. The fourth-order valence-electron chi connectivity index (χ4n) is 3.75. The molecule has 200 valence electrons. The molecule has 1 amide bonds. The van der Waals surface area contributed by atoms with E-state index in [0.29, 0.717) is 31.7 Å². The Balaban J connectivity index is 1.50. The zero-order chi connectivity index (χ0) is 27.0. The van der Waals surface area contributed by atoms with Crippen LogP contribution >= 0.6 is 0 Å². The number of hydrogen-bond acceptors (Lipinski definition) is 9. The molecule has 2 atom stereocenters. The van der Waals surface area contributed by atoms with Gasteiger partial charge in [0, 0.05) is 39.5 Å². The Bertz CT molecular complexity index is 1140. The van der Waals surface area contributed by atoms with Crippen LogP contribution in [-0.4, -0.2) is 84.7 Å². The highest BCUT2D eigenvalue weighted by Crippen LogP contribution is 2.33. The Labute approximate surface area is 210 Å². The third kappa shape index (κ3) is 7.64. The van der Waals surface area contributed by atoms with Gasteiger partial charge in [0.15, 0.2) is 11.3 Å². The molecular weight excluding hydrogens is 497 g/mol. The molecule has 0 spiro atoms. The van der Waals surface area contributed by atoms with Crippen LogP contribution in [-0.2, 0) is 20.4 Å². The summed E-state index contributed by atoms with van der Waals surface area (Å²) in [6, 6.07) is 5.48. The molecule has 1 N–H and O–H groups in total. The number of carbonyl (C=O) groups excluding carboxylic acids is 1. The highest BCUT2D eigenvalue weighted by Gasteiger charge is 2.39. The number of methoxy groups -OCH3 is 1. The number of alkyl halides is 3. The highest BCUT2D eigenvalue weighted by molar-refractivity contribution is 5.77. The number of amides is 1. The van der Waals surface area contributed by atoms with Gasteiger partial charge in [0.05, 0.1) is 37.5 Å². The Hall–Kier alpha value is -3.70. The highest BCUT2D eigenvalue weighted by atomic mass is 19.4. The van der Waals surface area contributed by atoms with Gasteiger partial charge in [-0.25, -0.2) is 10.1 Å². The molecule has 1 aliphatic heterocycles. The maximum atomic E-state index is 13.3. The first-order valence-corrected chi connectivity index (χ1v) is 11.4. The van der Waals surface area contributed by atoms with E-state index in [9.17, 15) is 22.8 Å². The number of piperazine rings is 1. The number of aromatic amines is 1. The van der Waals surface area contributed by atoms with E-state index in [2.05, 4.69) is 10.1 Å². The molecule has 3 heterocycles. The average molecular weight is 525 g/mol. The third-order valence-electron chi connectivity index (χ3n) is 5.61. The number of anilines is 1. The second-order valence-corrected chi connectivity index (χ2v) is 8.36. The van der Waals surface area contributed by atoms with Crippen LogP contribution < -0.4 is 15.2 Å². The molecule has 2 aromatic heterocycles. The van der Waals surface area contributed by atoms with Crippen molar-refractivity contribution in [3.8, 4) is 11.8 Å². The van der Waals surface area contributed by atoms with Gasteiger partial charge in [-0.05, 0) is 19.1 Å². The Morgan fingerprint density at radius 2 is 1.95 bits per heavy atom. The number of nitrogens with zero attached hydrogens (tertiary/aromatic N) is 5. The van der Waals surface area contributed by atoms with Gasteiger partial charge >= 0.3 is 6.18 Å². The first-order chi connectivity index (χ1) is 17.6. The molecule has 0 unspecified atom stereocenters. The molecule has 1 fully saturated rings. The lowest BCUT2D eigenvalue weighted by Crippen LogP contribution is -2.49. The van der Waals surface area contributed by atoms with Gasteiger partial charge in [-0.3, -0.25) is 9.59 Å². The molecule has 0 radical (unpaired) electrons. The summed E-state index contributed by atoms with van der Waals surface area (Å²) in [5.74, 6) is -0.126. The normalized spacial score (nSPS) is 15.7. The third-order valence-corrected chi connectivity index (χ3v) is 5.61. The Morgan fingerprint density at radius 3 is 2.54 bits per heavy atom. The van der Waals surface area contributed by atoms with Gasteiger partial charge in [0.2, 0.25) is 5.91 Å². The largest absolute Gasteiger partial charge is 0.483 e. The number of ether oxygens (including phenoxy) is 3. The van der Waals surface area contributed by atoms with E-state index in [0.717, 1.165) is 12.0 Å². The number of pyridine rings is 1. The van der Waals surface area contributed by atoms with Gasteiger partial charge in [0.1, 0.15) is 18.0 Å². The van der Waals surface area contributed by atoms with Crippen molar-refractivity contribution in [3.63, 3.8) is 0 Å². The number of nitrogens with one attached hydrogen (secondary N) is 1. The summed E-state index contributed by atoms with van der Waals surface area (Å²) in [6.07, 6.45) is -4.13. The Kier molecular flexibility index (Phi) is 9.42. The molecular formula is C23H27F3N6O5. The van der Waals surface area contributed by atoms with Gasteiger partial charge in [-0.2, -0.15) is 23.5 Å². The summed E-state index contributed by atoms with van der Waals surface area (Å²) in [5.41, 5.74) is -2.45. The molecule has 0 bridgehead atoms. The fourth-order valence-corrected chi connectivity index (χ4v) is 3.75. The molecule has 0 aliphatic carbocycles. The van der Waals surface area contributed by atoms with Gasteiger partial charge < -0.3 is 24.0 Å². The van der Waals surface area contributed by atoms with E-state index >= 15 is 0 Å². The zero-order valence-corrected chi connectivity index (χ0v) is 20.3. The minimum atomic E-state index is -4.94. The van der Waals surface area contributed by atoms with Gasteiger partial charge in [-0.15, -0.1) is 0 Å². The fraction of sp³-hybridized carbons (Fsp3) is 0.522. The lowest BCUT2D eigenvalue weighted by molar-refractivity contribution is -0.142. The monoisotopic (exact) mass is 524 g/mol. The quantitative estimate of drug-likeness (QED) is 0.492. The summed E-state index contributed by atoms with van der Waals surface area (Å²) < 4.78 is 55.9. The van der Waals surface area contributed by atoms with Crippen molar-refractivity contribution in [2.45, 2.75) is 31.7 Å². The standard InChI is InChI=1S/C23H27F3N6O5/c1-15(9-20(33)32-7-5-31(6-8-32)19-4-3-16(10-27)11-28-19)36-14-17(13-35-2)37-18-12-29-30-22(34)21(18)23(24,25)26/h3-4,11-12,15,17H,5-9,13-14H2,1-2H3,(H,30,34)/t15-,17+/m0/s1. The molecule has 0 aromatic carbocycles. The van der Waals surface area contributed by atoms with E-state index in [-0.39, 0.29) is 25.5 Å². The second kappa shape index (κ2) is 12.5. The number of aromatic nitrogens is 3. The summed E-state index contributed by atoms with van der Waals surface area (Å²) in [7, 11) is 1.34. The summed E-state index contributed by atoms with van der Waals surface area (Å²) in [5, 5.41) is 14.0. The molecule has 11 nitrogen and oxygen atoms in total. The van der Waals surface area contributed by atoms with Crippen LogP contribution in [0.1, 0.15) is 24.5 Å². The number of hydrogen-bond donors (Lipinski definition) is 1. The van der Waals surface area contributed by atoms with Gasteiger partial charge in [-0.1, -0.05) is 0 Å². The SMILES string of the molecule is COC[C@H](CO[C@@H](C)CC(=O)N1CCN(c2ccc(C#N)cn2)CC1)Oc1cn[nH]c(=O)c1C(F)(F)F. The molecule has 3 rings (SSSR count). The van der Waals surface area contributed by atoms with Crippen LogP contribution in [0.5, 0.6) is 5.75 Å². The molecule has 14 heteroatoms. The predicted octanol–water partition coefficient (Wildman–Crippen LogP) is 1.59. The van der Waals surface area contributed by atoms with Crippen molar-refractivity contribution in [1.82, 2.24) is 20.1 Å². The maximum Gasteiger partial charge on any atom is 0.425 e. The smallest absolute Gasteiger partial charge is 0.425 e. The molecule has 1 saturated heterocycles. The summed E-state index contributed by atoms with van der Waals surface area (Å²) >= 11 is 0. The van der Waals surface area contributed by atoms with Crippen LogP contribution in [0.2, 0.25) is 0 Å². The number of nitriles is 1. The van der Waals surface area contributed by atoms with Crippen LogP contribution in [0, 0.1) is 11.3 Å². The van der Waals surface area contributed by atoms with Gasteiger partial charge in [0.25, 0.3) is 5.56 Å². The van der Waals surface area contributed by atoms with E-state index in [1.165, 1.54) is 13.3 Å². The van der Waals surface area contributed by atoms with Crippen molar-refractivity contribution < 1.29 is 32.2 Å². The minimum absolute atomic E-state index is 0.0647. The van der Waals surface area contributed by atoms with E-state index < -0.39 is 35.3 Å². The zero-order valence-electron chi connectivity index (χ0n) is 20.3. The number of halogens is 3. The molecule has 2 aromatic rings. The van der Waals surface area contributed by atoms with Crippen LogP contribution in [0.3, 0.4) is 0 Å². The van der Waals surface area contributed by atoms with Crippen molar-refractivity contribution in [2.75, 3.05) is 51.4 Å². The van der Waals surface area contributed by atoms with E-state index in [4.69, 9.17) is 19.5 Å². The van der Waals surface area contributed by atoms with Crippen molar-refractivity contribution in [2.24, 2.45) is 0 Å². The lowest BCUT2D eigenvalue weighted by atomic mass is 10.2. The predicted molar refractivity (Wildman–Crippen MR) is 124 cm³/mol. The topological polar surface area (TPSA) is 134 Å². The molecule has 37 heavy (non-hydrogen) atoms. The van der Waals surface area contributed by atoms with Crippen molar-refractivity contribution in [1.29, 1.82) is 5.26 Å². The first-order valence-electron chi connectivity index (χ1n) is 11.4. The average Bonchev–Trinajstić information content (AvgIpc) is 2.87. The molecule has 0 saturated carbocycles. The number of rotatable bonds is 10. The van der Waals surface area contributed by atoms with Crippen LogP contribution in [0.4, 0.5) is 19.0 Å². The Morgan fingerprint density at radius 1 is 1.22 bits per heavy atom. The van der Waals surface area contributed by atoms with E-state index in [1.807, 2.05) is 11.0 Å². The summed E-state index contributed by atoms with van der Waals surface area (Å²) in [4.78, 5) is 32.4. The lowest BCUT2D eigenvalue weighted by Gasteiger charge is -2.36. The summed E-state index contributed by atoms with van der Waals surface area (Å²) in [6.45, 7) is 3.51. The first kappa shape index (κ1) is 27.9. The second-order valence-electron chi connectivity index (χ2n) is 8.36. The van der Waals surface area contributed by atoms with Crippen molar-refractivity contribution >= 4 is 11.7 Å². The van der Waals surface area contributed by atoms with E-state index in [1.54, 1.807) is 29.1 Å². The minimum Gasteiger partial charge on any atom is -0.483 e. The number of H-pyrrole nitrogens is 1. The van der Waals surface area contributed by atoms with Crippen LogP contribution in [0.15, 0.2) is 29.3 Å². The maximum absolute atomic E-state index is 13.3. The van der Waals surface area contributed by atoms with Crippen LogP contribution in [0.25, 0.3) is 0 Å².